The molecule has 1 aliphatic rings. The minimum Gasteiger partial charge on any atom is -0.368 e. The number of hydrogen-bond acceptors (Lipinski definition) is 6. The molecular weight excluding hydrogens is 356 g/mol. The first-order chi connectivity index (χ1) is 13.6. The minimum atomic E-state index is 0.00139. The Hall–Kier alpha value is -3.55. The molecule has 1 saturated heterocycles. The SMILES string of the molecule is CC(=O)c1ccc(N2CCN(C(=O)c3cccc(-n4cnnn4)c3)CC2)cc1. The summed E-state index contributed by atoms with van der Waals surface area (Å²) in [4.78, 5) is 28.4. The molecule has 0 spiro atoms. The number of hydrogen-bond donors (Lipinski definition) is 0. The maximum absolute atomic E-state index is 12.9. The third-order valence-electron chi connectivity index (χ3n) is 4.91. The lowest BCUT2D eigenvalue weighted by atomic mass is 10.1. The van der Waals surface area contributed by atoms with Crippen molar-refractivity contribution in [1.29, 1.82) is 0 Å². The van der Waals surface area contributed by atoms with Gasteiger partial charge in [0.05, 0.1) is 5.69 Å². The van der Waals surface area contributed by atoms with Gasteiger partial charge in [0.25, 0.3) is 5.91 Å². The average Bonchev–Trinajstić information content (AvgIpc) is 3.28. The van der Waals surface area contributed by atoms with E-state index in [0.29, 0.717) is 24.2 Å². The van der Waals surface area contributed by atoms with Gasteiger partial charge in [-0.05, 0) is 59.8 Å². The maximum atomic E-state index is 12.9. The van der Waals surface area contributed by atoms with Crippen molar-refractivity contribution < 1.29 is 9.59 Å². The Morgan fingerprint density at radius 3 is 2.29 bits per heavy atom. The van der Waals surface area contributed by atoms with E-state index in [9.17, 15) is 9.59 Å². The Labute approximate surface area is 162 Å². The van der Waals surface area contributed by atoms with Crippen LogP contribution in [0.1, 0.15) is 27.6 Å². The molecule has 0 atom stereocenters. The Bertz CT molecular complexity index is 976. The Kier molecular flexibility index (Phi) is 4.84. The number of carbonyl (C=O) groups is 2. The summed E-state index contributed by atoms with van der Waals surface area (Å²) < 4.78 is 1.53. The number of carbonyl (C=O) groups excluding carboxylic acids is 2. The molecule has 0 saturated carbocycles. The van der Waals surface area contributed by atoms with Crippen LogP contribution >= 0.6 is 0 Å². The fourth-order valence-corrected chi connectivity index (χ4v) is 3.32. The van der Waals surface area contributed by atoms with E-state index in [4.69, 9.17) is 0 Å². The highest BCUT2D eigenvalue weighted by Crippen LogP contribution is 2.19. The number of benzene rings is 2. The molecular formula is C20H20N6O2. The fourth-order valence-electron chi connectivity index (χ4n) is 3.32. The standard InChI is InChI=1S/C20H20N6O2/c1-15(27)16-5-7-18(8-6-16)24-9-11-25(12-10-24)20(28)17-3-2-4-19(13-17)26-14-21-22-23-26/h2-8,13-14H,9-12H2,1H3. The minimum absolute atomic E-state index is 0.00139. The van der Waals surface area contributed by atoms with Crippen LogP contribution in [-0.2, 0) is 0 Å². The molecule has 3 aromatic rings. The number of nitrogens with zero attached hydrogens (tertiary/aromatic N) is 6. The van der Waals surface area contributed by atoms with Crippen molar-refractivity contribution in [2.24, 2.45) is 0 Å². The van der Waals surface area contributed by atoms with E-state index in [2.05, 4.69) is 20.4 Å². The lowest BCUT2D eigenvalue weighted by Crippen LogP contribution is -2.48. The normalized spacial score (nSPS) is 14.2. The summed E-state index contributed by atoms with van der Waals surface area (Å²) in [5, 5.41) is 11.1. The summed E-state index contributed by atoms with van der Waals surface area (Å²) in [6, 6.07) is 14.9. The highest BCUT2D eigenvalue weighted by atomic mass is 16.2. The van der Waals surface area contributed by atoms with E-state index in [0.717, 1.165) is 24.5 Å². The van der Waals surface area contributed by atoms with Crippen molar-refractivity contribution in [3.8, 4) is 5.69 Å². The number of rotatable bonds is 4. The molecule has 142 valence electrons. The number of aromatic nitrogens is 4. The molecule has 1 fully saturated rings. The number of ketones is 1. The van der Waals surface area contributed by atoms with Crippen LogP contribution in [0, 0.1) is 0 Å². The molecule has 8 nitrogen and oxygen atoms in total. The van der Waals surface area contributed by atoms with Crippen molar-refractivity contribution in [2.75, 3.05) is 31.1 Å². The second kappa shape index (κ2) is 7.59. The van der Waals surface area contributed by atoms with Crippen LogP contribution < -0.4 is 4.90 Å². The van der Waals surface area contributed by atoms with Crippen LogP contribution in [0.4, 0.5) is 5.69 Å². The first-order valence-electron chi connectivity index (χ1n) is 9.10. The van der Waals surface area contributed by atoms with Crippen LogP contribution in [0.3, 0.4) is 0 Å². The van der Waals surface area contributed by atoms with E-state index in [1.54, 1.807) is 13.0 Å². The molecule has 0 unspecified atom stereocenters. The Morgan fingerprint density at radius 1 is 0.893 bits per heavy atom. The topological polar surface area (TPSA) is 84.2 Å². The molecule has 2 heterocycles. The molecule has 28 heavy (non-hydrogen) atoms. The van der Waals surface area contributed by atoms with Crippen LogP contribution in [0.15, 0.2) is 54.9 Å². The number of piperazine rings is 1. The molecule has 1 aliphatic heterocycles. The smallest absolute Gasteiger partial charge is 0.254 e. The van der Waals surface area contributed by atoms with Crippen molar-refractivity contribution in [3.63, 3.8) is 0 Å². The molecule has 0 radical (unpaired) electrons. The van der Waals surface area contributed by atoms with Crippen molar-refractivity contribution in [2.45, 2.75) is 6.92 Å². The molecule has 0 bridgehead atoms. The van der Waals surface area contributed by atoms with Crippen molar-refractivity contribution >= 4 is 17.4 Å². The largest absolute Gasteiger partial charge is 0.368 e. The van der Waals surface area contributed by atoms with E-state index in [1.807, 2.05) is 47.4 Å². The molecule has 0 aliphatic carbocycles. The van der Waals surface area contributed by atoms with E-state index < -0.39 is 0 Å². The third kappa shape index (κ3) is 3.62. The number of anilines is 1. The van der Waals surface area contributed by atoms with Gasteiger partial charge in [-0.1, -0.05) is 6.07 Å². The Morgan fingerprint density at radius 2 is 1.64 bits per heavy atom. The molecule has 1 aromatic heterocycles. The summed E-state index contributed by atoms with van der Waals surface area (Å²) in [7, 11) is 0. The van der Waals surface area contributed by atoms with Gasteiger partial charge >= 0.3 is 0 Å². The molecule has 8 heteroatoms. The summed E-state index contributed by atoms with van der Waals surface area (Å²) in [5.74, 6) is 0.0624. The predicted molar refractivity (Wildman–Crippen MR) is 104 cm³/mol. The number of amides is 1. The van der Waals surface area contributed by atoms with Gasteiger partial charge in [0, 0.05) is 43.0 Å². The Balaban J connectivity index is 1.41. The number of tetrazole rings is 1. The zero-order valence-corrected chi connectivity index (χ0v) is 15.5. The summed E-state index contributed by atoms with van der Waals surface area (Å²) in [6.45, 7) is 4.34. The summed E-state index contributed by atoms with van der Waals surface area (Å²) in [5.41, 5.74) is 3.14. The van der Waals surface area contributed by atoms with Gasteiger partial charge in [-0.25, -0.2) is 4.68 Å². The highest BCUT2D eigenvalue weighted by molar-refractivity contribution is 5.95. The zero-order chi connectivity index (χ0) is 19.5. The molecule has 1 amide bonds. The first-order valence-corrected chi connectivity index (χ1v) is 9.10. The molecule has 4 rings (SSSR count). The van der Waals surface area contributed by atoms with Crippen LogP contribution in [-0.4, -0.2) is 63.0 Å². The predicted octanol–water partition coefficient (Wildman–Crippen LogP) is 1.83. The first kappa shape index (κ1) is 17.8. The lowest BCUT2D eigenvalue weighted by Gasteiger charge is -2.36. The average molecular weight is 376 g/mol. The van der Waals surface area contributed by atoms with Gasteiger partial charge in [-0.2, -0.15) is 0 Å². The second-order valence-electron chi connectivity index (χ2n) is 6.69. The fraction of sp³-hybridized carbons (Fsp3) is 0.250. The third-order valence-corrected chi connectivity index (χ3v) is 4.91. The van der Waals surface area contributed by atoms with Gasteiger partial charge in [-0.15, -0.1) is 5.10 Å². The van der Waals surface area contributed by atoms with Gasteiger partial charge in [0.15, 0.2) is 5.78 Å². The number of Topliss-reactive ketones (excluding diaryl/α,β-unsaturated/α-hetero) is 1. The van der Waals surface area contributed by atoms with E-state index in [-0.39, 0.29) is 11.7 Å². The van der Waals surface area contributed by atoms with Crippen LogP contribution in [0.2, 0.25) is 0 Å². The van der Waals surface area contributed by atoms with Crippen LogP contribution in [0.5, 0.6) is 0 Å². The zero-order valence-electron chi connectivity index (χ0n) is 15.5. The monoisotopic (exact) mass is 376 g/mol. The lowest BCUT2D eigenvalue weighted by molar-refractivity contribution is 0.0746. The maximum Gasteiger partial charge on any atom is 0.254 e. The van der Waals surface area contributed by atoms with Gasteiger partial charge in [0.2, 0.25) is 0 Å². The van der Waals surface area contributed by atoms with E-state index >= 15 is 0 Å². The highest BCUT2D eigenvalue weighted by Gasteiger charge is 2.22. The van der Waals surface area contributed by atoms with Crippen molar-refractivity contribution in [3.05, 3.63) is 66.0 Å². The summed E-state index contributed by atoms with van der Waals surface area (Å²) >= 11 is 0. The second-order valence-corrected chi connectivity index (χ2v) is 6.69. The van der Waals surface area contributed by atoms with E-state index in [1.165, 1.54) is 11.0 Å². The van der Waals surface area contributed by atoms with Gasteiger partial charge in [-0.3, -0.25) is 9.59 Å². The van der Waals surface area contributed by atoms with Gasteiger partial charge in [0.1, 0.15) is 6.33 Å². The molecule has 2 aromatic carbocycles. The van der Waals surface area contributed by atoms with Gasteiger partial charge < -0.3 is 9.80 Å². The summed E-state index contributed by atoms with van der Waals surface area (Å²) in [6.07, 6.45) is 1.50. The van der Waals surface area contributed by atoms with Crippen molar-refractivity contribution in [1.82, 2.24) is 25.1 Å². The van der Waals surface area contributed by atoms with Crippen LogP contribution in [0.25, 0.3) is 5.69 Å². The molecule has 0 N–H and O–H groups in total. The quantitative estimate of drug-likeness (QED) is 0.646.